The number of carbonyl (C=O) groups excluding carboxylic acids is 2. The summed E-state index contributed by atoms with van der Waals surface area (Å²) in [5.74, 6) is -0.417. The summed E-state index contributed by atoms with van der Waals surface area (Å²) in [4.78, 5) is 23.5. The van der Waals surface area contributed by atoms with Gasteiger partial charge in [0.1, 0.15) is 6.54 Å². The monoisotopic (exact) mass is 203 g/mol. The van der Waals surface area contributed by atoms with Crippen LogP contribution in [0.25, 0.3) is 0 Å². The first-order valence-corrected chi connectivity index (χ1v) is 4.40. The first kappa shape index (κ1) is 15.4. The van der Waals surface area contributed by atoms with E-state index in [1.54, 1.807) is 27.8 Å². The van der Waals surface area contributed by atoms with Gasteiger partial charge in [0.05, 0.1) is 6.10 Å². The molecular formula is C10H21NO3. The smallest absolute Gasteiger partial charge is 0.325 e. The summed E-state index contributed by atoms with van der Waals surface area (Å²) >= 11 is 0. The predicted octanol–water partition coefficient (Wildman–Crippen LogP) is 1.44. The Labute approximate surface area is 86.2 Å². The van der Waals surface area contributed by atoms with Crippen molar-refractivity contribution in [2.75, 3.05) is 13.6 Å². The van der Waals surface area contributed by atoms with E-state index < -0.39 is 0 Å². The summed E-state index contributed by atoms with van der Waals surface area (Å²) in [6.45, 7) is 5.34. The zero-order chi connectivity index (χ0) is 10.4. The van der Waals surface area contributed by atoms with E-state index in [1.165, 1.54) is 4.90 Å². The van der Waals surface area contributed by atoms with Crippen LogP contribution in [-0.2, 0) is 14.3 Å². The van der Waals surface area contributed by atoms with Gasteiger partial charge in [0.25, 0.3) is 0 Å². The molecule has 0 saturated carbocycles. The zero-order valence-corrected chi connectivity index (χ0v) is 8.66. The number of rotatable bonds is 4. The third kappa shape index (κ3) is 6.46. The van der Waals surface area contributed by atoms with Crippen LogP contribution in [0.1, 0.15) is 34.6 Å². The van der Waals surface area contributed by atoms with Crippen molar-refractivity contribution in [3.63, 3.8) is 0 Å². The second-order valence-electron chi connectivity index (χ2n) is 3.14. The topological polar surface area (TPSA) is 46.6 Å². The lowest BCUT2D eigenvalue weighted by atomic mass is 10.4. The summed E-state index contributed by atoms with van der Waals surface area (Å²) in [6.07, 6.45) is 0.281. The van der Waals surface area contributed by atoms with Gasteiger partial charge in [0.15, 0.2) is 0 Å². The Morgan fingerprint density at radius 1 is 1.36 bits per heavy atom. The van der Waals surface area contributed by atoms with E-state index in [-0.39, 0.29) is 32.0 Å². The van der Waals surface area contributed by atoms with Crippen molar-refractivity contribution in [2.24, 2.45) is 0 Å². The molecule has 0 unspecified atom stereocenters. The molecule has 0 aromatic heterocycles. The number of hydrogen-bond donors (Lipinski definition) is 0. The maximum absolute atomic E-state index is 11.1. The number of hydrogen-bond acceptors (Lipinski definition) is 3. The van der Waals surface area contributed by atoms with Crippen LogP contribution in [0, 0.1) is 0 Å². The van der Waals surface area contributed by atoms with Crippen molar-refractivity contribution in [3.8, 4) is 0 Å². The van der Waals surface area contributed by atoms with Crippen molar-refractivity contribution in [1.82, 2.24) is 4.90 Å². The summed E-state index contributed by atoms with van der Waals surface area (Å²) < 4.78 is 4.88. The summed E-state index contributed by atoms with van der Waals surface area (Å²) in [5, 5.41) is 0. The molecular weight excluding hydrogens is 182 g/mol. The predicted molar refractivity (Wildman–Crippen MR) is 55.9 cm³/mol. The molecule has 84 valence electrons. The van der Waals surface area contributed by atoms with E-state index >= 15 is 0 Å². The lowest BCUT2D eigenvalue weighted by molar-refractivity contribution is -0.151. The Kier molecular flexibility index (Phi) is 8.10. The highest BCUT2D eigenvalue weighted by Gasteiger charge is 2.12. The van der Waals surface area contributed by atoms with Gasteiger partial charge in [-0.15, -0.1) is 0 Å². The maximum atomic E-state index is 11.1. The van der Waals surface area contributed by atoms with Crippen molar-refractivity contribution < 1.29 is 14.3 Å². The molecule has 0 bridgehead atoms. The molecule has 0 aliphatic heterocycles. The number of nitrogens with zero attached hydrogens (tertiary/aromatic N) is 1. The first-order chi connectivity index (χ1) is 5.97. The van der Waals surface area contributed by atoms with Crippen molar-refractivity contribution in [3.05, 3.63) is 0 Å². The Morgan fingerprint density at radius 2 is 1.86 bits per heavy atom. The highest BCUT2D eigenvalue weighted by Crippen LogP contribution is 1.94. The van der Waals surface area contributed by atoms with Gasteiger partial charge in [0, 0.05) is 13.5 Å². The largest absolute Gasteiger partial charge is 0.462 e. The molecule has 0 fully saturated rings. The van der Waals surface area contributed by atoms with Crippen LogP contribution in [-0.4, -0.2) is 36.5 Å². The number of ether oxygens (including phenoxy) is 1. The third-order valence-corrected chi connectivity index (χ3v) is 1.46. The molecule has 0 atom stereocenters. The van der Waals surface area contributed by atoms with E-state index in [2.05, 4.69) is 0 Å². The normalized spacial score (nSPS) is 9.21. The van der Waals surface area contributed by atoms with Crippen LogP contribution < -0.4 is 0 Å². The molecule has 0 aliphatic carbocycles. The van der Waals surface area contributed by atoms with Crippen molar-refractivity contribution in [1.29, 1.82) is 0 Å². The number of amides is 1. The number of esters is 1. The van der Waals surface area contributed by atoms with E-state index in [9.17, 15) is 9.59 Å². The van der Waals surface area contributed by atoms with Crippen LogP contribution in [0.3, 0.4) is 0 Å². The van der Waals surface area contributed by atoms with Gasteiger partial charge in [-0.3, -0.25) is 9.59 Å². The fourth-order valence-electron chi connectivity index (χ4n) is 0.852. The molecule has 0 aliphatic rings. The highest BCUT2D eigenvalue weighted by atomic mass is 16.5. The molecule has 0 aromatic rings. The van der Waals surface area contributed by atoms with E-state index in [1.807, 2.05) is 0 Å². The van der Waals surface area contributed by atoms with Crippen LogP contribution in [0.15, 0.2) is 0 Å². The summed E-state index contributed by atoms with van der Waals surface area (Å²) in [5.41, 5.74) is 0. The average molecular weight is 203 g/mol. The van der Waals surface area contributed by atoms with E-state index in [0.717, 1.165) is 0 Å². The summed E-state index contributed by atoms with van der Waals surface area (Å²) in [6, 6.07) is 0. The third-order valence-electron chi connectivity index (χ3n) is 1.46. The standard InChI is InChI=1S/C9H17NO3.CH4/c1-5-8(11)10(4)6-9(12)13-7(2)3;/h7H,5-6H2,1-4H3;1H4. The minimum Gasteiger partial charge on any atom is -0.462 e. The summed E-state index contributed by atoms with van der Waals surface area (Å²) in [7, 11) is 1.59. The molecule has 0 spiro atoms. The lowest BCUT2D eigenvalue weighted by Gasteiger charge is -2.16. The van der Waals surface area contributed by atoms with Crippen LogP contribution in [0.2, 0.25) is 0 Å². The fourth-order valence-corrected chi connectivity index (χ4v) is 0.852. The van der Waals surface area contributed by atoms with Crippen LogP contribution >= 0.6 is 0 Å². The second-order valence-corrected chi connectivity index (χ2v) is 3.14. The molecule has 14 heavy (non-hydrogen) atoms. The second kappa shape index (κ2) is 7.35. The van der Waals surface area contributed by atoms with Crippen LogP contribution in [0.4, 0.5) is 0 Å². The zero-order valence-electron chi connectivity index (χ0n) is 8.66. The Balaban J connectivity index is 0. The molecule has 4 heteroatoms. The van der Waals surface area contributed by atoms with Gasteiger partial charge in [-0.2, -0.15) is 0 Å². The molecule has 4 nitrogen and oxygen atoms in total. The minimum atomic E-state index is -0.362. The number of likely N-dealkylation sites (N-methyl/N-ethyl adjacent to an activating group) is 1. The van der Waals surface area contributed by atoms with Gasteiger partial charge in [-0.05, 0) is 13.8 Å². The van der Waals surface area contributed by atoms with Crippen LogP contribution in [0.5, 0.6) is 0 Å². The lowest BCUT2D eigenvalue weighted by Crippen LogP contribution is -2.33. The van der Waals surface area contributed by atoms with Gasteiger partial charge in [-0.1, -0.05) is 14.4 Å². The molecule has 0 N–H and O–H groups in total. The fraction of sp³-hybridized carbons (Fsp3) is 0.800. The van der Waals surface area contributed by atoms with Crippen molar-refractivity contribution in [2.45, 2.75) is 40.7 Å². The molecule has 0 heterocycles. The van der Waals surface area contributed by atoms with Gasteiger partial charge >= 0.3 is 5.97 Å². The van der Waals surface area contributed by atoms with Crippen molar-refractivity contribution >= 4 is 11.9 Å². The first-order valence-electron chi connectivity index (χ1n) is 4.40. The minimum absolute atomic E-state index is 0. The molecule has 0 saturated heterocycles. The van der Waals surface area contributed by atoms with Gasteiger partial charge in [-0.25, -0.2) is 0 Å². The van der Waals surface area contributed by atoms with E-state index in [0.29, 0.717) is 6.42 Å². The average Bonchev–Trinajstić information content (AvgIpc) is 2.01. The molecule has 0 rings (SSSR count). The maximum Gasteiger partial charge on any atom is 0.325 e. The SMILES string of the molecule is C.CCC(=O)N(C)CC(=O)OC(C)C. The molecule has 0 radical (unpaired) electrons. The molecule has 1 amide bonds. The quantitative estimate of drug-likeness (QED) is 0.649. The highest BCUT2D eigenvalue weighted by molar-refractivity contribution is 5.81. The van der Waals surface area contributed by atoms with E-state index in [4.69, 9.17) is 4.74 Å². The van der Waals surface area contributed by atoms with Gasteiger partial charge in [0.2, 0.25) is 5.91 Å². The Hall–Kier alpha value is -1.06. The molecule has 0 aromatic carbocycles. The van der Waals surface area contributed by atoms with Gasteiger partial charge < -0.3 is 9.64 Å². The number of carbonyl (C=O) groups is 2. The Morgan fingerprint density at radius 3 is 2.21 bits per heavy atom. The Bertz CT molecular complexity index is 190.